The molecule has 0 radical (unpaired) electrons. The number of benzene rings is 1. The van der Waals surface area contributed by atoms with E-state index in [9.17, 15) is 5.21 Å². The summed E-state index contributed by atoms with van der Waals surface area (Å²) in [5.41, 5.74) is 3.21. The van der Waals surface area contributed by atoms with Gasteiger partial charge in [0, 0.05) is 0 Å². The van der Waals surface area contributed by atoms with E-state index in [0.717, 1.165) is 6.42 Å². The molecule has 1 N–H and O–H groups in total. The summed E-state index contributed by atoms with van der Waals surface area (Å²) in [5.74, 6) is 0. The molecule has 2 rings (SSSR count). The summed E-state index contributed by atoms with van der Waals surface area (Å²) >= 11 is 0. The summed E-state index contributed by atoms with van der Waals surface area (Å²) in [5, 5.41) is 11.8. The third kappa shape index (κ3) is 1.33. The van der Waals surface area contributed by atoms with Gasteiger partial charge in [-0.05, 0) is 50.8 Å². The number of hydroxylamine groups is 2. The Balaban J connectivity index is 2.65. The molecule has 0 amide bonds. The molecule has 1 heterocycles. The maximum absolute atomic E-state index is 10.3. The molecule has 0 aromatic heterocycles. The Morgan fingerprint density at radius 1 is 1.06 bits per heavy atom. The van der Waals surface area contributed by atoms with Gasteiger partial charge in [-0.3, -0.25) is 0 Å². The highest BCUT2D eigenvalue weighted by molar-refractivity contribution is 5.44. The first-order valence-corrected chi connectivity index (χ1v) is 5.95. The Morgan fingerprint density at radius 2 is 1.62 bits per heavy atom. The summed E-state index contributed by atoms with van der Waals surface area (Å²) < 4.78 is 0. The summed E-state index contributed by atoms with van der Waals surface area (Å²) in [6.07, 6.45) is 1.04. The molecule has 2 nitrogen and oxygen atoms in total. The van der Waals surface area contributed by atoms with Crippen LogP contribution in [0.25, 0.3) is 0 Å². The molecular formula is C14H21NO. The molecule has 2 heteroatoms. The van der Waals surface area contributed by atoms with Crippen LogP contribution in [0.5, 0.6) is 0 Å². The molecule has 0 saturated carbocycles. The molecule has 0 atom stereocenters. The maximum atomic E-state index is 10.3. The predicted octanol–water partition coefficient (Wildman–Crippen LogP) is 3.42. The standard InChI is InChI=1S/C14H21NO/c1-6-10-7-8-11-12(9-10)14(4,5)15(16)13(11,2)3/h7-9,16H,6H2,1-5H3. The smallest absolute Gasteiger partial charge is 0.0665 e. The molecule has 1 aromatic rings. The third-order valence-electron chi connectivity index (χ3n) is 3.87. The minimum absolute atomic E-state index is 0.300. The Kier molecular flexibility index (Phi) is 2.41. The lowest BCUT2D eigenvalue weighted by Crippen LogP contribution is -2.42. The van der Waals surface area contributed by atoms with Gasteiger partial charge in [-0.15, -0.1) is 0 Å². The van der Waals surface area contributed by atoms with E-state index in [1.807, 2.05) is 0 Å². The van der Waals surface area contributed by atoms with Gasteiger partial charge in [-0.25, -0.2) is 0 Å². The molecule has 88 valence electrons. The third-order valence-corrected chi connectivity index (χ3v) is 3.87. The zero-order valence-electron chi connectivity index (χ0n) is 10.8. The second-order valence-corrected chi connectivity index (χ2v) is 5.66. The van der Waals surface area contributed by atoms with Crippen LogP contribution in [-0.4, -0.2) is 10.3 Å². The second-order valence-electron chi connectivity index (χ2n) is 5.66. The number of hydrogen-bond acceptors (Lipinski definition) is 2. The topological polar surface area (TPSA) is 23.5 Å². The first kappa shape index (κ1) is 11.6. The normalized spacial score (nSPS) is 22.1. The maximum Gasteiger partial charge on any atom is 0.0665 e. The number of fused-ring (bicyclic) bond motifs is 1. The summed E-state index contributed by atoms with van der Waals surface area (Å²) in [6.45, 7) is 10.4. The van der Waals surface area contributed by atoms with E-state index in [4.69, 9.17) is 0 Å². The van der Waals surface area contributed by atoms with Crippen LogP contribution in [0, 0.1) is 0 Å². The quantitative estimate of drug-likeness (QED) is 0.782. The first-order chi connectivity index (χ1) is 7.31. The van der Waals surface area contributed by atoms with Crippen LogP contribution < -0.4 is 0 Å². The summed E-state index contributed by atoms with van der Waals surface area (Å²) in [6, 6.07) is 6.55. The van der Waals surface area contributed by atoms with Crippen LogP contribution in [0.2, 0.25) is 0 Å². The SMILES string of the molecule is CCc1ccc2c(c1)C(C)(C)N(O)C2(C)C. The van der Waals surface area contributed by atoms with Crippen molar-refractivity contribution >= 4 is 0 Å². The van der Waals surface area contributed by atoms with Gasteiger partial charge >= 0.3 is 0 Å². The molecule has 1 aliphatic rings. The summed E-state index contributed by atoms with van der Waals surface area (Å²) in [7, 11) is 0. The molecule has 0 aliphatic carbocycles. The zero-order chi connectivity index (χ0) is 12.1. The molecule has 1 aliphatic heterocycles. The molecule has 0 unspecified atom stereocenters. The summed E-state index contributed by atoms with van der Waals surface area (Å²) in [4.78, 5) is 0. The second kappa shape index (κ2) is 3.31. The molecule has 0 fully saturated rings. The van der Waals surface area contributed by atoms with Crippen LogP contribution >= 0.6 is 0 Å². The van der Waals surface area contributed by atoms with Crippen LogP contribution in [-0.2, 0) is 17.5 Å². The van der Waals surface area contributed by atoms with Crippen molar-refractivity contribution in [2.45, 2.75) is 52.1 Å². The van der Waals surface area contributed by atoms with Crippen LogP contribution in [0.4, 0.5) is 0 Å². The molecule has 16 heavy (non-hydrogen) atoms. The van der Waals surface area contributed by atoms with Crippen LogP contribution in [0.15, 0.2) is 18.2 Å². The average Bonchev–Trinajstić information content (AvgIpc) is 2.38. The van der Waals surface area contributed by atoms with Gasteiger partial charge in [0.15, 0.2) is 0 Å². The lowest BCUT2D eigenvalue weighted by molar-refractivity contribution is -0.216. The van der Waals surface area contributed by atoms with Crippen molar-refractivity contribution in [3.05, 3.63) is 34.9 Å². The number of aryl methyl sites for hydroxylation is 1. The van der Waals surface area contributed by atoms with E-state index in [1.165, 1.54) is 21.8 Å². The molecule has 0 spiro atoms. The Bertz CT molecular complexity index is 421. The van der Waals surface area contributed by atoms with Crippen molar-refractivity contribution in [2.24, 2.45) is 0 Å². The van der Waals surface area contributed by atoms with E-state index in [-0.39, 0.29) is 11.1 Å². The minimum atomic E-state index is -0.302. The van der Waals surface area contributed by atoms with Crippen molar-refractivity contribution in [1.82, 2.24) is 5.06 Å². The number of rotatable bonds is 1. The number of hydrogen-bond donors (Lipinski definition) is 1. The van der Waals surface area contributed by atoms with Gasteiger partial charge in [-0.1, -0.05) is 25.1 Å². The van der Waals surface area contributed by atoms with Crippen molar-refractivity contribution < 1.29 is 5.21 Å². The average molecular weight is 219 g/mol. The monoisotopic (exact) mass is 219 g/mol. The van der Waals surface area contributed by atoms with Gasteiger partial charge in [-0.2, -0.15) is 5.06 Å². The van der Waals surface area contributed by atoms with Gasteiger partial charge < -0.3 is 5.21 Å². The lowest BCUT2D eigenvalue weighted by atomic mass is 9.89. The number of nitrogens with zero attached hydrogens (tertiary/aromatic N) is 1. The molecule has 1 aromatic carbocycles. The molecule has 0 bridgehead atoms. The Labute approximate surface area is 97.9 Å². The van der Waals surface area contributed by atoms with Gasteiger partial charge in [0.1, 0.15) is 0 Å². The van der Waals surface area contributed by atoms with Gasteiger partial charge in [0.05, 0.1) is 11.1 Å². The minimum Gasteiger partial charge on any atom is -0.312 e. The van der Waals surface area contributed by atoms with Crippen LogP contribution in [0.3, 0.4) is 0 Å². The van der Waals surface area contributed by atoms with Crippen molar-refractivity contribution in [3.63, 3.8) is 0 Å². The first-order valence-electron chi connectivity index (χ1n) is 5.95. The largest absolute Gasteiger partial charge is 0.312 e. The van der Waals surface area contributed by atoms with Crippen molar-refractivity contribution in [2.75, 3.05) is 0 Å². The van der Waals surface area contributed by atoms with Gasteiger partial charge in [0.25, 0.3) is 0 Å². The Morgan fingerprint density at radius 3 is 2.19 bits per heavy atom. The van der Waals surface area contributed by atoms with E-state index < -0.39 is 0 Å². The fourth-order valence-electron chi connectivity index (χ4n) is 2.78. The van der Waals surface area contributed by atoms with Crippen molar-refractivity contribution in [1.29, 1.82) is 0 Å². The van der Waals surface area contributed by atoms with E-state index in [2.05, 4.69) is 52.8 Å². The van der Waals surface area contributed by atoms with Crippen molar-refractivity contribution in [3.8, 4) is 0 Å². The highest BCUT2D eigenvalue weighted by Gasteiger charge is 2.48. The van der Waals surface area contributed by atoms with E-state index in [0.29, 0.717) is 0 Å². The van der Waals surface area contributed by atoms with E-state index in [1.54, 1.807) is 0 Å². The predicted molar refractivity (Wildman–Crippen MR) is 65.5 cm³/mol. The van der Waals surface area contributed by atoms with Crippen LogP contribution in [0.1, 0.15) is 51.3 Å². The molecule has 0 saturated heterocycles. The van der Waals surface area contributed by atoms with Gasteiger partial charge in [0.2, 0.25) is 0 Å². The highest BCUT2D eigenvalue weighted by Crippen LogP contribution is 2.48. The Hall–Kier alpha value is -0.860. The zero-order valence-corrected chi connectivity index (χ0v) is 10.8. The fraction of sp³-hybridized carbons (Fsp3) is 0.571. The molecular weight excluding hydrogens is 198 g/mol. The van der Waals surface area contributed by atoms with E-state index >= 15 is 0 Å². The fourth-order valence-corrected chi connectivity index (χ4v) is 2.78. The highest BCUT2D eigenvalue weighted by atomic mass is 16.5. The lowest BCUT2D eigenvalue weighted by Gasteiger charge is -2.34.